The van der Waals surface area contributed by atoms with Crippen LogP contribution in [0.15, 0.2) is 18.6 Å². The summed E-state index contributed by atoms with van der Waals surface area (Å²) in [5.41, 5.74) is 0.911. The molecule has 1 aliphatic rings. The molecule has 1 saturated carbocycles. The van der Waals surface area contributed by atoms with Crippen molar-refractivity contribution in [1.29, 1.82) is 0 Å². The minimum atomic E-state index is 0.802. The van der Waals surface area contributed by atoms with Crippen molar-refractivity contribution in [3.05, 3.63) is 18.6 Å². The van der Waals surface area contributed by atoms with E-state index < -0.39 is 0 Å². The zero-order chi connectivity index (χ0) is 12.2. The molecule has 0 radical (unpaired) electrons. The Bertz CT molecular complexity index is 497. The van der Waals surface area contributed by atoms with Crippen LogP contribution in [0.4, 0.5) is 5.82 Å². The molecule has 4 heteroatoms. The topological polar surface area (TPSA) is 53.6 Å². The van der Waals surface area contributed by atoms with E-state index in [2.05, 4.69) is 20.3 Å². The number of nitrogens with one attached hydrogen (secondary N) is 2. The van der Waals surface area contributed by atoms with Crippen LogP contribution in [0.1, 0.15) is 38.5 Å². The molecule has 2 aromatic rings. The van der Waals surface area contributed by atoms with E-state index in [9.17, 15) is 0 Å². The van der Waals surface area contributed by atoms with Crippen molar-refractivity contribution >= 4 is 16.9 Å². The number of fused-ring (bicyclic) bond motifs is 1. The Morgan fingerprint density at radius 2 is 2.00 bits per heavy atom. The number of H-pyrrole nitrogens is 1. The molecule has 0 unspecified atom stereocenters. The molecule has 3 rings (SSSR count). The molecule has 4 nitrogen and oxygen atoms in total. The zero-order valence-electron chi connectivity index (χ0n) is 10.7. The fourth-order valence-corrected chi connectivity index (χ4v) is 2.82. The molecule has 2 N–H and O–H groups in total. The van der Waals surface area contributed by atoms with Gasteiger partial charge in [-0.1, -0.05) is 25.7 Å². The van der Waals surface area contributed by atoms with Crippen molar-refractivity contribution in [2.45, 2.75) is 38.5 Å². The number of hydrogen-bond donors (Lipinski definition) is 2. The fourth-order valence-electron chi connectivity index (χ4n) is 2.82. The van der Waals surface area contributed by atoms with Crippen molar-refractivity contribution < 1.29 is 0 Å². The third-order valence-electron chi connectivity index (χ3n) is 3.89. The maximum absolute atomic E-state index is 4.34. The van der Waals surface area contributed by atoms with Crippen molar-refractivity contribution in [3.8, 4) is 0 Å². The highest BCUT2D eigenvalue weighted by atomic mass is 15.0. The molecule has 1 fully saturated rings. The van der Waals surface area contributed by atoms with Gasteiger partial charge in [-0.25, -0.2) is 9.97 Å². The van der Waals surface area contributed by atoms with Gasteiger partial charge in [0.05, 0.1) is 5.39 Å². The molecule has 0 saturated heterocycles. The van der Waals surface area contributed by atoms with E-state index in [-0.39, 0.29) is 0 Å². The third kappa shape index (κ3) is 2.47. The number of rotatable bonds is 3. The Kier molecular flexibility index (Phi) is 3.44. The third-order valence-corrected chi connectivity index (χ3v) is 3.89. The van der Waals surface area contributed by atoms with E-state index >= 15 is 0 Å². The normalized spacial score (nSPS) is 17.8. The molecule has 0 bridgehead atoms. The first-order chi connectivity index (χ1) is 8.93. The van der Waals surface area contributed by atoms with Crippen LogP contribution in [0, 0.1) is 5.92 Å². The summed E-state index contributed by atoms with van der Waals surface area (Å²) in [5.74, 6) is 1.77. The summed E-state index contributed by atoms with van der Waals surface area (Å²) >= 11 is 0. The highest BCUT2D eigenvalue weighted by molar-refractivity contribution is 5.86. The lowest BCUT2D eigenvalue weighted by atomic mass is 10.0. The summed E-state index contributed by atoms with van der Waals surface area (Å²) in [7, 11) is 0. The van der Waals surface area contributed by atoms with E-state index in [1.807, 2.05) is 12.3 Å². The largest absolute Gasteiger partial charge is 0.369 e. The van der Waals surface area contributed by atoms with Crippen molar-refractivity contribution in [2.75, 3.05) is 11.9 Å². The smallest absolute Gasteiger partial charge is 0.142 e. The Balaban J connectivity index is 1.67. The van der Waals surface area contributed by atoms with Gasteiger partial charge in [-0.3, -0.25) is 0 Å². The summed E-state index contributed by atoms with van der Waals surface area (Å²) in [6.07, 6.45) is 11.8. The molecule has 2 aromatic heterocycles. The number of anilines is 1. The minimum Gasteiger partial charge on any atom is -0.369 e. The van der Waals surface area contributed by atoms with Gasteiger partial charge >= 0.3 is 0 Å². The summed E-state index contributed by atoms with van der Waals surface area (Å²) < 4.78 is 0. The maximum Gasteiger partial charge on any atom is 0.142 e. The first-order valence-electron chi connectivity index (χ1n) is 6.95. The van der Waals surface area contributed by atoms with Gasteiger partial charge in [0.2, 0.25) is 0 Å². The molecule has 0 amide bonds. The zero-order valence-corrected chi connectivity index (χ0v) is 10.7. The molecule has 1 aliphatic carbocycles. The minimum absolute atomic E-state index is 0.802. The average molecular weight is 244 g/mol. The highest BCUT2D eigenvalue weighted by Crippen LogP contribution is 2.24. The first-order valence-corrected chi connectivity index (χ1v) is 6.95. The van der Waals surface area contributed by atoms with Crippen molar-refractivity contribution in [1.82, 2.24) is 15.0 Å². The van der Waals surface area contributed by atoms with E-state index in [1.54, 1.807) is 6.33 Å². The van der Waals surface area contributed by atoms with Crippen LogP contribution in [-0.2, 0) is 0 Å². The SMILES string of the molecule is c1nc(NCC2CCCCCC2)c2cc[nH]c2n1. The molecule has 96 valence electrons. The van der Waals surface area contributed by atoms with Crippen LogP contribution >= 0.6 is 0 Å². The lowest BCUT2D eigenvalue weighted by Gasteiger charge is -2.15. The monoisotopic (exact) mass is 244 g/mol. The van der Waals surface area contributed by atoms with E-state index in [0.717, 1.165) is 29.3 Å². The number of hydrogen-bond acceptors (Lipinski definition) is 3. The van der Waals surface area contributed by atoms with Gasteiger partial charge in [-0.05, 0) is 24.8 Å². The highest BCUT2D eigenvalue weighted by Gasteiger charge is 2.13. The van der Waals surface area contributed by atoms with Crippen LogP contribution < -0.4 is 5.32 Å². The average Bonchev–Trinajstić information content (AvgIpc) is 2.73. The predicted octanol–water partition coefficient (Wildman–Crippen LogP) is 3.34. The van der Waals surface area contributed by atoms with E-state index in [1.165, 1.54) is 38.5 Å². The van der Waals surface area contributed by atoms with Crippen molar-refractivity contribution in [3.63, 3.8) is 0 Å². The van der Waals surface area contributed by atoms with Gasteiger partial charge < -0.3 is 10.3 Å². The molecular formula is C14H20N4. The molecular weight excluding hydrogens is 224 g/mol. The maximum atomic E-state index is 4.34. The van der Waals surface area contributed by atoms with E-state index in [0.29, 0.717) is 0 Å². The quantitative estimate of drug-likeness (QED) is 0.814. The van der Waals surface area contributed by atoms with Crippen molar-refractivity contribution in [2.24, 2.45) is 5.92 Å². The Morgan fingerprint density at radius 1 is 1.17 bits per heavy atom. The Labute approximate surface area is 107 Å². The summed E-state index contributed by atoms with van der Waals surface area (Å²) in [6.45, 7) is 1.04. The van der Waals surface area contributed by atoms with Gasteiger partial charge in [-0.2, -0.15) is 0 Å². The second-order valence-corrected chi connectivity index (χ2v) is 5.20. The molecule has 0 spiro atoms. The van der Waals surface area contributed by atoms with Gasteiger partial charge in [-0.15, -0.1) is 0 Å². The molecule has 2 heterocycles. The standard InChI is InChI=1S/C14H20N4/c1-2-4-6-11(5-3-1)9-16-14-12-7-8-15-13(12)17-10-18-14/h7-8,10-11H,1-6,9H2,(H2,15,16,17,18). The van der Waals surface area contributed by atoms with E-state index in [4.69, 9.17) is 0 Å². The summed E-state index contributed by atoms with van der Waals surface area (Å²) in [4.78, 5) is 11.7. The van der Waals surface area contributed by atoms with Gasteiger partial charge in [0.15, 0.2) is 0 Å². The number of aromatic amines is 1. The lowest BCUT2D eigenvalue weighted by Crippen LogP contribution is -2.14. The van der Waals surface area contributed by atoms with Crippen LogP contribution in [0.2, 0.25) is 0 Å². The number of aromatic nitrogens is 3. The van der Waals surface area contributed by atoms with Crippen LogP contribution in [0.5, 0.6) is 0 Å². The van der Waals surface area contributed by atoms with Crippen LogP contribution in [0.3, 0.4) is 0 Å². The molecule has 0 atom stereocenters. The van der Waals surface area contributed by atoms with Gasteiger partial charge in [0.1, 0.15) is 17.8 Å². The first kappa shape index (κ1) is 11.5. The second kappa shape index (κ2) is 5.38. The summed E-state index contributed by atoms with van der Waals surface area (Å²) in [5, 5.41) is 4.59. The predicted molar refractivity (Wildman–Crippen MR) is 73.6 cm³/mol. The lowest BCUT2D eigenvalue weighted by molar-refractivity contribution is 0.483. The number of nitrogens with zero attached hydrogens (tertiary/aromatic N) is 2. The van der Waals surface area contributed by atoms with Gasteiger partial charge in [0, 0.05) is 12.7 Å². The second-order valence-electron chi connectivity index (χ2n) is 5.20. The van der Waals surface area contributed by atoms with Crippen LogP contribution in [0.25, 0.3) is 11.0 Å². The Morgan fingerprint density at radius 3 is 2.83 bits per heavy atom. The summed E-state index contributed by atoms with van der Waals surface area (Å²) in [6, 6.07) is 2.03. The van der Waals surface area contributed by atoms with Gasteiger partial charge in [0.25, 0.3) is 0 Å². The molecule has 0 aliphatic heterocycles. The molecule has 0 aromatic carbocycles. The Hall–Kier alpha value is -1.58. The molecule has 18 heavy (non-hydrogen) atoms. The fraction of sp³-hybridized carbons (Fsp3) is 0.571. The van der Waals surface area contributed by atoms with Crippen LogP contribution in [-0.4, -0.2) is 21.5 Å².